The molecule has 2 aromatic carbocycles. The van der Waals surface area contributed by atoms with Crippen LogP contribution in [0.1, 0.15) is 23.7 Å². The molecule has 9 heteroatoms. The van der Waals surface area contributed by atoms with Crippen LogP contribution in [-0.4, -0.2) is 44.3 Å². The van der Waals surface area contributed by atoms with Crippen molar-refractivity contribution >= 4 is 29.3 Å². The van der Waals surface area contributed by atoms with Crippen molar-refractivity contribution in [1.82, 2.24) is 25.1 Å². The van der Waals surface area contributed by atoms with Gasteiger partial charge in [0.25, 0.3) is 0 Å². The predicted octanol–water partition coefficient (Wildman–Crippen LogP) is 4.42. The number of rotatable bonds is 6. The van der Waals surface area contributed by atoms with Crippen molar-refractivity contribution in [2.75, 3.05) is 13.1 Å². The maximum absolute atomic E-state index is 12.9. The number of amides is 1. The Hall–Kier alpha value is -2.64. The third-order valence-corrected chi connectivity index (χ3v) is 5.79. The lowest BCUT2D eigenvalue weighted by atomic mass is 9.99. The zero-order chi connectivity index (χ0) is 20.9. The average molecular weight is 446 g/mol. The summed E-state index contributed by atoms with van der Waals surface area (Å²) < 4.78 is 5.85. The average Bonchev–Trinajstić information content (AvgIpc) is 3.42. The Labute approximate surface area is 184 Å². The Balaban J connectivity index is 1.41. The van der Waals surface area contributed by atoms with Crippen LogP contribution in [0.4, 0.5) is 4.79 Å². The molecule has 1 fully saturated rings. The van der Waals surface area contributed by atoms with Crippen molar-refractivity contribution in [3.63, 3.8) is 0 Å². The topological polar surface area (TPSA) is 73.1 Å². The Morgan fingerprint density at radius 2 is 1.97 bits per heavy atom. The van der Waals surface area contributed by atoms with Gasteiger partial charge < -0.3 is 9.64 Å². The fourth-order valence-corrected chi connectivity index (χ4v) is 4.05. The molecule has 2 unspecified atom stereocenters. The van der Waals surface area contributed by atoms with E-state index in [1.54, 1.807) is 11.0 Å². The maximum Gasteiger partial charge on any atom is 0.410 e. The summed E-state index contributed by atoms with van der Waals surface area (Å²) in [5, 5.41) is 12.9. The SMILES string of the molecule is O=C(OC(Cn1ncnn1)c1ccccc1Cl)N1CCC(Cc2ccc(Cl)cc2)C1. The summed E-state index contributed by atoms with van der Waals surface area (Å²) >= 11 is 12.3. The molecule has 0 radical (unpaired) electrons. The molecule has 0 bridgehead atoms. The molecule has 4 rings (SSSR count). The fraction of sp³-hybridized carbons (Fsp3) is 0.333. The van der Waals surface area contributed by atoms with E-state index in [0.29, 0.717) is 29.6 Å². The van der Waals surface area contributed by atoms with E-state index in [1.807, 2.05) is 42.5 Å². The van der Waals surface area contributed by atoms with Gasteiger partial charge in [0.15, 0.2) is 12.4 Å². The first-order valence-electron chi connectivity index (χ1n) is 9.73. The molecule has 156 valence electrons. The molecule has 0 spiro atoms. The Bertz CT molecular complexity index is 981. The number of hydrogen-bond acceptors (Lipinski definition) is 5. The highest BCUT2D eigenvalue weighted by Gasteiger charge is 2.30. The molecule has 3 aromatic rings. The van der Waals surface area contributed by atoms with Gasteiger partial charge in [-0.2, -0.15) is 4.80 Å². The van der Waals surface area contributed by atoms with E-state index < -0.39 is 6.10 Å². The van der Waals surface area contributed by atoms with Gasteiger partial charge in [0.1, 0.15) is 6.54 Å². The summed E-state index contributed by atoms with van der Waals surface area (Å²) in [4.78, 5) is 16.0. The summed E-state index contributed by atoms with van der Waals surface area (Å²) in [6, 6.07) is 15.1. The van der Waals surface area contributed by atoms with Gasteiger partial charge in [-0.05, 0) is 47.7 Å². The number of carbonyl (C=O) groups is 1. The van der Waals surface area contributed by atoms with Crippen molar-refractivity contribution in [3.05, 3.63) is 76.0 Å². The zero-order valence-electron chi connectivity index (χ0n) is 16.2. The lowest BCUT2D eigenvalue weighted by molar-refractivity contribution is 0.0550. The molecule has 7 nitrogen and oxygen atoms in total. The van der Waals surface area contributed by atoms with Gasteiger partial charge in [-0.15, -0.1) is 10.2 Å². The highest BCUT2D eigenvalue weighted by Crippen LogP contribution is 2.29. The number of carbonyl (C=O) groups excluding carboxylic acids is 1. The lowest BCUT2D eigenvalue weighted by Gasteiger charge is -2.23. The summed E-state index contributed by atoms with van der Waals surface area (Å²) in [5.41, 5.74) is 1.92. The van der Waals surface area contributed by atoms with E-state index in [4.69, 9.17) is 27.9 Å². The molecule has 30 heavy (non-hydrogen) atoms. The third-order valence-electron chi connectivity index (χ3n) is 5.20. The van der Waals surface area contributed by atoms with Crippen LogP contribution >= 0.6 is 23.2 Å². The normalized spacial score (nSPS) is 17.1. The number of likely N-dealkylation sites (tertiary alicyclic amines) is 1. The molecular formula is C21H21Cl2N5O2. The molecule has 1 aliphatic heterocycles. The Kier molecular flexibility index (Phi) is 6.50. The van der Waals surface area contributed by atoms with E-state index in [2.05, 4.69) is 15.4 Å². The second-order valence-corrected chi connectivity index (χ2v) is 8.16. The molecule has 2 atom stereocenters. The number of halogens is 2. The minimum atomic E-state index is -0.615. The van der Waals surface area contributed by atoms with Gasteiger partial charge in [0.05, 0.1) is 0 Å². The van der Waals surface area contributed by atoms with Crippen molar-refractivity contribution < 1.29 is 9.53 Å². The standard InChI is InChI=1S/C21H21Cl2N5O2/c22-17-7-5-15(6-8-17)11-16-9-10-27(12-16)21(29)30-20(13-28-25-14-24-26-28)18-3-1-2-4-19(18)23/h1-8,14,16,20H,9-13H2. The number of benzene rings is 2. The van der Waals surface area contributed by atoms with Crippen LogP contribution in [0.2, 0.25) is 10.0 Å². The van der Waals surface area contributed by atoms with Crippen molar-refractivity contribution in [2.24, 2.45) is 5.92 Å². The number of aromatic nitrogens is 4. The number of ether oxygens (including phenoxy) is 1. The molecule has 0 aliphatic carbocycles. The molecule has 2 heterocycles. The number of tetrazole rings is 1. The quantitative estimate of drug-likeness (QED) is 0.561. The van der Waals surface area contributed by atoms with E-state index in [9.17, 15) is 4.79 Å². The van der Waals surface area contributed by atoms with Gasteiger partial charge in [0.2, 0.25) is 0 Å². The Morgan fingerprint density at radius 3 is 2.70 bits per heavy atom. The molecular weight excluding hydrogens is 425 g/mol. The highest BCUT2D eigenvalue weighted by molar-refractivity contribution is 6.31. The Morgan fingerprint density at radius 1 is 1.17 bits per heavy atom. The largest absolute Gasteiger partial charge is 0.439 e. The van der Waals surface area contributed by atoms with E-state index in [0.717, 1.165) is 17.9 Å². The van der Waals surface area contributed by atoms with Crippen LogP contribution in [0.15, 0.2) is 54.9 Å². The third kappa shape index (κ3) is 5.09. The van der Waals surface area contributed by atoms with Crippen LogP contribution in [0.25, 0.3) is 0 Å². The van der Waals surface area contributed by atoms with Crippen LogP contribution in [0.5, 0.6) is 0 Å². The van der Waals surface area contributed by atoms with Gasteiger partial charge in [0, 0.05) is 28.7 Å². The number of nitrogens with zero attached hydrogens (tertiary/aromatic N) is 5. The monoisotopic (exact) mass is 445 g/mol. The molecule has 1 aromatic heterocycles. The first kappa shape index (κ1) is 20.6. The first-order chi connectivity index (χ1) is 14.6. The predicted molar refractivity (Wildman–Crippen MR) is 113 cm³/mol. The van der Waals surface area contributed by atoms with Crippen molar-refractivity contribution in [2.45, 2.75) is 25.5 Å². The molecule has 0 saturated carbocycles. The van der Waals surface area contributed by atoms with Gasteiger partial charge in [-0.25, -0.2) is 4.79 Å². The van der Waals surface area contributed by atoms with Gasteiger partial charge in [-0.1, -0.05) is 53.5 Å². The molecule has 1 aliphatic rings. The van der Waals surface area contributed by atoms with E-state index >= 15 is 0 Å². The van der Waals surface area contributed by atoms with E-state index in [-0.39, 0.29) is 12.6 Å². The summed E-state index contributed by atoms with van der Waals surface area (Å²) in [7, 11) is 0. The summed E-state index contributed by atoms with van der Waals surface area (Å²) in [6.07, 6.45) is 2.19. The summed E-state index contributed by atoms with van der Waals surface area (Å²) in [6.45, 7) is 1.55. The van der Waals surface area contributed by atoms with Crippen LogP contribution < -0.4 is 0 Å². The van der Waals surface area contributed by atoms with Crippen molar-refractivity contribution in [3.8, 4) is 0 Å². The molecule has 0 N–H and O–H groups in total. The lowest BCUT2D eigenvalue weighted by Crippen LogP contribution is -2.32. The van der Waals surface area contributed by atoms with Crippen LogP contribution in [-0.2, 0) is 17.7 Å². The minimum absolute atomic E-state index is 0.234. The van der Waals surface area contributed by atoms with Crippen LogP contribution in [0, 0.1) is 5.92 Å². The minimum Gasteiger partial charge on any atom is -0.439 e. The second kappa shape index (κ2) is 9.45. The smallest absolute Gasteiger partial charge is 0.410 e. The second-order valence-electron chi connectivity index (χ2n) is 7.32. The highest BCUT2D eigenvalue weighted by atomic mass is 35.5. The maximum atomic E-state index is 12.9. The molecule has 1 saturated heterocycles. The van der Waals surface area contributed by atoms with E-state index in [1.165, 1.54) is 16.7 Å². The molecule has 1 amide bonds. The van der Waals surface area contributed by atoms with Gasteiger partial charge >= 0.3 is 6.09 Å². The first-order valence-corrected chi connectivity index (χ1v) is 10.5. The van der Waals surface area contributed by atoms with Crippen LogP contribution in [0.3, 0.4) is 0 Å². The number of hydrogen-bond donors (Lipinski definition) is 0. The van der Waals surface area contributed by atoms with Crippen molar-refractivity contribution in [1.29, 1.82) is 0 Å². The zero-order valence-corrected chi connectivity index (χ0v) is 17.7. The van der Waals surface area contributed by atoms with Gasteiger partial charge in [-0.3, -0.25) is 0 Å². The summed E-state index contributed by atoms with van der Waals surface area (Å²) in [5.74, 6) is 0.384. The fourth-order valence-electron chi connectivity index (χ4n) is 3.67.